The Morgan fingerprint density at radius 1 is 1.50 bits per heavy atom. The summed E-state index contributed by atoms with van der Waals surface area (Å²) in [5.74, 6) is -0.192. The zero-order chi connectivity index (χ0) is 17.5. The van der Waals surface area contributed by atoms with Crippen molar-refractivity contribution in [2.75, 3.05) is 13.1 Å². The summed E-state index contributed by atoms with van der Waals surface area (Å²) in [7, 11) is 0. The lowest BCUT2D eigenvalue weighted by atomic mass is 9.80. The second kappa shape index (κ2) is 5.52. The minimum absolute atomic E-state index is 0.230. The topological polar surface area (TPSA) is 79.5 Å². The number of hydrogen-bond donors (Lipinski definition) is 1. The minimum atomic E-state index is -1.59. The number of benzene rings is 1. The second-order valence-electron chi connectivity index (χ2n) is 6.50. The first-order valence-electron chi connectivity index (χ1n) is 7.50. The summed E-state index contributed by atoms with van der Waals surface area (Å²) in [5, 5.41) is 17.9. The predicted molar refractivity (Wildman–Crippen MR) is 84.4 cm³/mol. The van der Waals surface area contributed by atoms with E-state index in [1.165, 1.54) is 30.0 Å². The van der Waals surface area contributed by atoms with Gasteiger partial charge in [0, 0.05) is 18.7 Å². The maximum absolute atomic E-state index is 13.3. The number of rotatable bonds is 4. The van der Waals surface area contributed by atoms with Gasteiger partial charge < -0.3 is 14.4 Å². The predicted octanol–water partition coefficient (Wildman–Crippen LogP) is 1.91. The lowest BCUT2D eigenvalue weighted by molar-refractivity contribution is -0.153. The van der Waals surface area contributed by atoms with Crippen LogP contribution in [0, 0.1) is 5.82 Å². The zero-order valence-electron chi connectivity index (χ0n) is 13.5. The fraction of sp³-hybridized carbons (Fsp3) is 0.353. The minimum Gasteiger partial charge on any atom is -0.420 e. The number of amides is 1. The highest BCUT2D eigenvalue weighted by Gasteiger charge is 2.49. The fourth-order valence-corrected chi connectivity index (χ4v) is 2.69. The SMILES string of the molecule is C=CC(C)(O)C(=O)N1CC(C)(c2nnc(-c3cccc(F)c3)o2)C1. The third-order valence-corrected chi connectivity index (χ3v) is 4.21. The Morgan fingerprint density at radius 3 is 2.83 bits per heavy atom. The molecule has 1 aliphatic rings. The van der Waals surface area contributed by atoms with Crippen LogP contribution >= 0.6 is 0 Å². The summed E-state index contributed by atoms with van der Waals surface area (Å²) in [4.78, 5) is 13.7. The molecule has 0 bridgehead atoms. The molecule has 1 unspecified atom stereocenters. The number of carbonyl (C=O) groups excluding carboxylic acids is 1. The number of nitrogens with zero attached hydrogens (tertiary/aromatic N) is 3. The molecular weight excluding hydrogens is 313 g/mol. The van der Waals surface area contributed by atoms with Crippen LogP contribution in [-0.2, 0) is 10.2 Å². The van der Waals surface area contributed by atoms with E-state index in [4.69, 9.17) is 4.42 Å². The highest BCUT2D eigenvalue weighted by atomic mass is 19.1. The van der Waals surface area contributed by atoms with Gasteiger partial charge in [0.05, 0.1) is 5.41 Å². The average molecular weight is 331 g/mol. The molecule has 1 atom stereocenters. The van der Waals surface area contributed by atoms with Crippen molar-refractivity contribution in [3.8, 4) is 11.5 Å². The largest absolute Gasteiger partial charge is 0.420 e. The van der Waals surface area contributed by atoms with E-state index >= 15 is 0 Å². The van der Waals surface area contributed by atoms with Gasteiger partial charge in [0.2, 0.25) is 11.8 Å². The summed E-state index contributed by atoms with van der Waals surface area (Å²) in [6.07, 6.45) is 1.21. The molecule has 2 heterocycles. The molecule has 126 valence electrons. The Labute approximate surface area is 138 Å². The molecule has 3 rings (SSSR count). The Kier molecular flexibility index (Phi) is 3.76. The van der Waals surface area contributed by atoms with Crippen LogP contribution < -0.4 is 0 Å². The van der Waals surface area contributed by atoms with Crippen molar-refractivity contribution < 1.29 is 18.7 Å². The molecule has 2 aromatic rings. The first kappa shape index (κ1) is 16.3. The van der Waals surface area contributed by atoms with Crippen molar-refractivity contribution in [1.29, 1.82) is 0 Å². The van der Waals surface area contributed by atoms with Crippen molar-refractivity contribution in [2.45, 2.75) is 24.9 Å². The highest BCUT2D eigenvalue weighted by Crippen LogP contribution is 2.36. The van der Waals surface area contributed by atoms with Crippen molar-refractivity contribution in [2.24, 2.45) is 0 Å². The van der Waals surface area contributed by atoms with Gasteiger partial charge in [0.1, 0.15) is 5.82 Å². The molecule has 24 heavy (non-hydrogen) atoms. The van der Waals surface area contributed by atoms with Gasteiger partial charge in [-0.25, -0.2) is 4.39 Å². The summed E-state index contributed by atoms with van der Waals surface area (Å²) >= 11 is 0. The van der Waals surface area contributed by atoms with Crippen LogP contribution in [0.5, 0.6) is 0 Å². The summed E-state index contributed by atoms with van der Waals surface area (Å²) in [5.41, 5.74) is -1.59. The molecule has 1 aliphatic heterocycles. The molecule has 1 fully saturated rings. The molecule has 1 saturated heterocycles. The van der Waals surface area contributed by atoms with Crippen molar-refractivity contribution in [3.05, 3.63) is 48.6 Å². The van der Waals surface area contributed by atoms with Gasteiger partial charge in [-0.2, -0.15) is 0 Å². The van der Waals surface area contributed by atoms with Gasteiger partial charge in [-0.3, -0.25) is 4.79 Å². The van der Waals surface area contributed by atoms with Gasteiger partial charge in [-0.15, -0.1) is 10.2 Å². The van der Waals surface area contributed by atoms with Crippen LogP contribution in [0.15, 0.2) is 41.3 Å². The van der Waals surface area contributed by atoms with E-state index < -0.39 is 16.9 Å². The van der Waals surface area contributed by atoms with Crippen LogP contribution in [0.25, 0.3) is 11.5 Å². The van der Waals surface area contributed by atoms with Gasteiger partial charge >= 0.3 is 0 Å². The Morgan fingerprint density at radius 2 is 2.21 bits per heavy atom. The summed E-state index contributed by atoms with van der Waals surface area (Å²) in [6.45, 7) is 7.45. The normalized spacial score (nSPS) is 18.6. The summed E-state index contributed by atoms with van der Waals surface area (Å²) < 4.78 is 19.0. The lowest BCUT2D eigenvalue weighted by Crippen LogP contribution is -2.63. The summed E-state index contributed by atoms with van der Waals surface area (Å²) in [6, 6.07) is 5.90. The molecule has 1 aromatic heterocycles. The smallest absolute Gasteiger partial charge is 0.258 e. The number of likely N-dealkylation sites (tertiary alicyclic amines) is 1. The monoisotopic (exact) mass is 331 g/mol. The number of halogens is 1. The van der Waals surface area contributed by atoms with E-state index in [2.05, 4.69) is 16.8 Å². The van der Waals surface area contributed by atoms with E-state index in [1.54, 1.807) is 12.1 Å². The molecule has 0 spiro atoms. The zero-order valence-corrected chi connectivity index (χ0v) is 13.5. The maximum atomic E-state index is 13.3. The quantitative estimate of drug-likeness (QED) is 0.866. The van der Waals surface area contributed by atoms with E-state index in [1.807, 2.05) is 6.92 Å². The van der Waals surface area contributed by atoms with Crippen LogP contribution in [0.3, 0.4) is 0 Å². The van der Waals surface area contributed by atoms with Crippen LogP contribution in [0.4, 0.5) is 4.39 Å². The van der Waals surface area contributed by atoms with Gasteiger partial charge in [0.25, 0.3) is 5.91 Å². The number of hydrogen-bond acceptors (Lipinski definition) is 5. The molecule has 0 saturated carbocycles. The number of carbonyl (C=O) groups is 1. The number of aliphatic hydroxyl groups is 1. The Balaban J connectivity index is 1.75. The Hall–Kier alpha value is -2.54. The standard InChI is InChI=1S/C17H18FN3O3/c1-4-17(3,23)15(22)21-9-16(2,10-21)14-20-19-13(24-14)11-6-5-7-12(18)8-11/h4-8,23H,1,9-10H2,2-3H3. The van der Waals surface area contributed by atoms with Crippen LogP contribution in [0.1, 0.15) is 19.7 Å². The first-order chi connectivity index (χ1) is 11.2. The second-order valence-corrected chi connectivity index (χ2v) is 6.50. The van der Waals surface area contributed by atoms with Gasteiger partial charge in [-0.05, 0) is 32.0 Å². The molecule has 6 nitrogen and oxygen atoms in total. The third-order valence-electron chi connectivity index (χ3n) is 4.21. The number of aromatic nitrogens is 2. The van der Waals surface area contributed by atoms with Crippen molar-refractivity contribution in [3.63, 3.8) is 0 Å². The first-order valence-corrected chi connectivity index (χ1v) is 7.50. The Bertz CT molecular complexity index is 794. The van der Waals surface area contributed by atoms with Gasteiger partial charge in [-0.1, -0.05) is 18.7 Å². The third kappa shape index (κ3) is 2.71. The molecule has 0 aliphatic carbocycles. The van der Waals surface area contributed by atoms with Crippen LogP contribution in [-0.4, -0.2) is 44.8 Å². The van der Waals surface area contributed by atoms with E-state index in [-0.39, 0.29) is 11.7 Å². The molecule has 1 N–H and O–H groups in total. The van der Waals surface area contributed by atoms with Crippen molar-refractivity contribution in [1.82, 2.24) is 15.1 Å². The molecule has 7 heteroatoms. The molecule has 1 amide bonds. The van der Waals surface area contributed by atoms with Gasteiger partial charge in [0.15, 0.2) is 5.60 Å². The fourth-order valence-electron chi connectivity index (χ4n) is 2.69. The van der Waals surface area contributed by atoms with Crippen molar-refractivity contribution >= 4 is 5.91 Å². The lowest BCUT2D eigenvalue weighted by Gasteiger charge is -2.47. The van der Waals surface area contributed by atoms with E-state index in [9.17, 15) is 14.3 Å². The molecular formula is C17H18FN3O3. The van der Waals surface area contributed by atoms with Crippen LogP contribution in [0.2, 0.25) is 0 Å². The van der Waals surface area contributed by atoms with E-state index in [0.717, 1.165) is 0 Å². The highest BCUT2D eigenvalue weighted by molar-refractivity contribution is 5.87. The maximum Gasteiger partial charge on any atom is 0.258 e. The molecule has 1 aromatic carbocycles. The van der Waals surface area contributed by atoms with E-state index in [0.29, 0.717) is 24.5 Å². The molecule has 0 radical (unpaired) electrons. The average Bonchev–Trinajstić information content (AvgIpc) is 3.01.